The van der Waals surface area contributed by atoms with Crippen molar-refractivity contribution >= 4 is 35.0 Å². The van der Waals surface area contributed by atoms with Crippen molar-refractivity contribution in [2.24, 2.45) is 0 Å². The van der Waals surface area contributed by atoms with Gasteiger partial charge in [0.15, 0.2) is 12.7 Å². The van der Waals surface area contributed by atoms with Crippen LogP contribution in [0, 0.1) is 6.92 Å². The van der Waals surface area contributed by atoms with Crippen LogP contribution in [0.25, 0.3) is 0 Å². The van der Waals surface area contributed by atoms with Crippen molar-refractivity contribution < 1.29 is 19.1 Å². The zero-order valence-electron chi connectivity index (χ0n) is 14.2. The van der Waals surface area contributed by atoms with E-state index >= 15 is 0 Å². The van der Waals surface area contributed by atoms with Crippen LogP contribution in [0.4, 0.5) is 0 Å². The number of aryl methyl sites for hydroxylation is 1. The number of rotatable bonds is 6. The Hall–Kier alpha value is -2.44. The van der Waals surface area contributed by atoms with E-state index in [0.717, 1.165) is 5.56 Å². The van der Waals surface area contributed by atoms with Gasteiger partial charge in [-0.2, -0.15) is 0 Å². The molecule has 8 heteroatoms. The monoisotopic (exact) mass is 396 g/mol. The number of ether oxygens (including phenoxy) is 2. The predicted molar refractivity (Wildman–Crippen MR) is 99.5 cm³/mol. The van der Waals surface area contributed by atoms with E-state index in [2.05, 4.69) is 10.9 Å². The molecule has 1 atom stereocenters. The number of carbonyl (C=O) groups excluding carboxylic acids is 2. The SMILES string of the molecule is Cc1cc(Cl)ccc1OCC(=O)NNC(=O)C(C)Oc1ccc(Cl)cc1. The van der Waals surface area contributed by atoms with Crippen LogP contribution in [-0.4, -0.2) is 24.5 Å². The summed E-state index contributed by atoms with van der Waals surface area (Å²) < 4.78 is 10.8. The number of hydrazine groups is 1. The molecule has 0 saturated carbocycles. The van der Waals surface area contributed by atoms with Crippen LogP contribution in [0.1, 0.15) is 12.5 Å². The lowest BCUT2D eigenvalue weighted by molar-refractivity contribution is -0.133. The van der Waals surface area contributed by atoms with Crippen molar-refractivity contribution in [2.45, 2.75) is 20.0 Å². The first-order valence-corrected chi connectivity index (χ1v) is 8.50. The Labute approximate surface area is 161 Å². The molecule has 0 fully saturated rings. The van der Waals surface area contributed by atoms with E-state index in [1.54, 1.807) is 49.4 Å². The summed E-state index contributed by atoms with van der Waals surface area (Å²) in [7, 11) is 0. The number of hydrogen-bond donors (Lipinski definition) is 2. The molecular weight excluding hydrogens is 379 g/mol. The van der Waals surface area contributed by atoms with Crippen molar-refractivity contribution in [2.75, 3.05) is 6.61 Å². The Bertz CT molecular complexity index is 781. The van der Waals surface area contributed by atoms with Gasteiger partial charge in [0.05, 0.1) is 0 Å². The first kappa shape index (κ1) is 19.9. The number of halogens is 2. The van der Waals surface area contributed by atoms with Gasteiger partial charge in [-0.3, -0.25) is 20.4 Å². The third kappa shape index (κ3) is 6.13. The van der Waals surface area contributed by atoms with Crippen LogP contribution < -0.4 is 20.3 Å². The van der Waals surface area contributed by atoms with E-state index in [0.29, 0.717) is 21.5 Å². The molecule has 26 heavy (non-hydrogen) atoms. The fraction of sp³-hybridized carbons (Fsp3) is 0.222. The zero-order chi connectivity index (χ0) is 19.1. The van der Waals surface area contributed by atoms with Crippen molar-refractivity contribution in [1.29, 1.82) is 0 Å². The number of benzene rings is 2. The van der Waals surface area contributed by atoms with Gasteiger partial charge in [-0.15, -0.1) is 0 Å². The highest BCUT2D eigenvalue weighted by molar-refractivity contribution is 6.30. The Morgan fingerprint density at radius 1 is 1.04 bits per heavy atom. The van der Waals surface area contributed by atoms with Gasteiger partial charge in [0, 0.05) is 10.0 Å². The largest absolute Gasteiger partial charge is 0.483 e. The highest BCUT2D eigenvalue weighted by atomic mass is 35.5. The first-order chi connectivity index (χ1) is 12.3. The second kappa shape index (κ2) is 9.31. The average molecular weight is 397 g/mol. The van der Waals surface area contributed by atoms with Gasteiger partial charge >= 0.3 is 0 Å². The first-order valence-electron chi connectivity index (χ1n) is 7.75. The molecule has 6 nitrogen and oxygen atoms in total. The molecule has 0 radical (unpaired) electrons. The van der Waals surface area contributed by atoms with Crippen LogP contribution in [0.2, 0.25) is 10.0 Å². The van der Waals surface area contributed by atoms with Gasteiger partial charge in [0.2, 0.25) is 0 Å². The Morgan fingerprint density at radius 3 is 2.35 bits per heavy atom. The minimum atomic E-state index is -0.809. The number of amides is 2. The lowest BCUT2D eigenvalue weighted by Gasteiger charge is -2.15. The summed E-state index contributed by atoms with van der Waals surface area (Å²) in [5.74, 6) is 0.0163. The fourth-order valence-corrected chi connectivity index (χ4v) is 2.31. The molecule has 0 aliphatic carbocycles. The Balaban J connectivity index is 1.75. The van der Waals surface area contributed by atoms with Crippen LogP contribution in [0.3, 0.4) is 0 Å². The minimum Gasteiger partial charge on any atom is -0.483 e. The maximum Gasteiger partial charge on any atom is 0.279 e. The highest BCUT2D eigenvalue weighted by Crippen LogP contribution is 2.21. The molecule has 2 aromatic carbocycles. The second-order valence-electron chi connectivity index (χ2n) is 5.45. The third-order valence-corrected chi connectivity index (χ3v) is 3.80. The van der Waals surface area contributed by atoms with Crippen LogP contribution in [-0.2, 0) is 9.59 Å². The summed E-state index contributed by atoms with van der Waals surface area (Å²) in [6, 6.07) is 11.7. The van der Waals surface area contributed by atoms with E-state index in [1.165, 1.54) is 0 Å². The summed E-state index contributed by atoms with van der Waals surface area (Å²) in [5, 5.41) is 1.15. The summed E-state index contributed by atoms with van der Waals surface area (Å²) >= 11 is 11.6. The summed E-state index contributed by atoms with van der Waals surface area (Å²) in [4.78, 5) is 23.7. The molecule has 138 valence electrons. The molecule has 1 unspecified atom stereocenters. The smallest absolute Gasteiger partial charge is 0.279 e. The Morgan fingerprint density at radius 2 is 1.69 bits per heavy atom. The summed E-state index contributed by atoms with van der Waals surface area (Å²) in [5.41, 5.74) is 5.36. The zero-order valence-corrected chi connectivity index (χ0v) is 15.7. The van der Waals surface area contributed by atoms with Crippen molar-refractivity contribution in [3.8, 4) is 11.5 Å². The lowest BCUT2D eigenvalue weighted by Crippen LogP contribution is -2.48. The molecule has 2 rings (SSSR count). The fourth-order valence-electron chi connectivity index (χ4n) is 1.96. The van der Waals surface area contributed by atoms with Crippen molar-refractivity contribution in [3.05, 3.63) is 58.1 Å². The van der Waals surface area contributed by atoms with E-state index in [9.17, 15) is 9.59 Å². The van der Waals surface area contributed by atoms with E-state index in [1.807, 2.05) is 6.92 Å². The summed E-state index contributed by atoms with van der Waals surface area (Å²) in [6.07, 6.45) is -0.809. The molecule has 0 aromatic heterocycles. The lowest BCUT2D eigenvalue weighted by atomic mass is 10.2. The normalized spacial score (nSPS) is 11.4. The molecular formula is C18H18Cl2N2O4. The van der Waals surface area contributed by atoms with Gasteiger partial charge < -0.3 is 9.47 Å². The van der Waals surface area contributed by atoms with Crippen molar-refractivity contribution in [3.63, 3.8) is 0 Å². The molecule has 0 aliphatic rings. The van der Waals surface area contributed by atoms with Gasteiger partial charge in [0.1, 0.15) is 11.5 Å². The summed E-state index contributed by atoms with van der Waals surface area (Å²) in [6.45, 7) is 3.12. The number of nitrogens with one attached hydrogen (secondary N) is 2. The number of hydrogen-bond acceptors (Lipinski definition) is 4. The van der Waals surface area contributed by atoms with Crippen LogP contribution in [0.5, 0.6) is 11.5 Å². The third-order valence-electron chi connectivity index (χ3n) is 3.32. The predicted octanol–water partition coefficient (Wildman–Crippen LogP) is 3.30. The molecule has 2 amide bonds. The maximum atomic E-state index is 12.0. The molecule has 0 spiro atoms. The van der Waals surface area contributed by atoms with Crippen molar-refractivity contribution in [1.82, 2.24) is 10.9 Å². The van der Waals surface area contributed by atoms with Gasteiger partial charge in [-0.1, -0.05) is 23.2 Å². The quantitative estimate of drug-likeness (QED) is 0.734. The topological polar surface area (TPSA) is 76.7 Å². The van der Waals surface area contributed by atoms with Gasteiger partial charge in [-0.25, -0.2) is 0 Å². The number of carbonyl (C=O) groups is 2. The Kier molecular flexibility index (Phi) is 7.12. The molecule has 0 heterocycles. The van der Waals surface area contributed by atoms with Gasteiger partial charge in [0.25, 0.3) is 11.8 Å². The van der Waals surface area contributed by atoms with E-state index < -0.39 is 17.9 Å². The van der Waals surface area contributed by atoms with E-state index in [4.69, 9.17) is 32.7 Å². The standard InChI is InChI=1S/C18H18Cl2N2O4/c1-11-9-14(20)5-8-16(11)25-10-17(23)21-22-18(24)12(2)26-15-6-3-13(19)4-7-15/h3-9,12H,10H2,1-2H3,(H,21,23)(H,22,24). The maximum absolute atomic E-state index is 12.0. The molecule has 2 N–H and O–H groups in total. The minimum absolute atomic E-state index is 0.255. The highest BCUT2D eigenvalue weighted by Gasteiger charge is 2.15. The second-order valence-corrected chi connectivity index (χ2v) is 6.32. The average Bonchev–Trinajstić information content (AvgIpc) is 2.60. The van der Waals surface area contributed by atoms with Crippen LogP contribution >= 0.6 is 23.2 Å². The molecule has 0 aliphatic heterocycles. The van der Waals surface area contributed by atoms with Crippen LogP contribution in [0.15, 0.2) is 42.5 Å². The molecule has 0 bridgehead atoms. The van der Waals surface area contributed by atoms with E-state index in [-0.39, 0.29) is 6.61 Å². The molecule has 0 saturated heterocycles. The van der Waals surface area contributed by atoms with Gasteiger partial charge in [-0.05, 0) is 61.9 Å². The molecule has 2 aromatic rings.